The summed E-state index contributed by atoms with van der Waals surface area (Å²) in [5.41, 5.74) is 4.22. The first-order valence-electron chi connectivity index (χ1n) is 13.9. The second-order valence-electron chi connectivity index (χ2n) is 10.6. The Hall–Kier alpha value is -3.20. The Kier molecular flexibility index (Phi) is 9.19. The summed E-state index contributed by atoms with van der Waals surface area (Å²) < 4.78 is 25.4. The number of amides is 1. The molecule has 212 valence electrons. The number of aryl methyl sites for hydroxylation is 1. The molecule has 2 fully saturated rings. The molecular formula is C31H36ClFN4O3. The summed E-state index contributed by atoms with van der Waals surface area (Å²) in [6, 6.07) is 16.0. The maximum atomic E-state index is 14.1. The van der Waals surface area contributed by atoms with Crippen molar-refractivity contribution in [3.05, 3.63) is 82.3 Å². The Morgan fingerprint density at radius 3 is 2.67 bits per heavy atom. The van der Waals surface area contributed by atoms with Gasteiger partial charge in [-0.2, -0.15) is 0 Å². The van der Waals surface area contributed by atoms with Crippen molar-refractivity contribution in [3.63, 3.8) is 0 Å². The molecule has 0 radical (unpaired) electrons. The van der Waals surface area contributed by atoms with Crippen LogP contribution in [0.15, 0.2) is 54.6 Å². The smallest absolute Gasteiger partial charge is 0.241 e. The van der Waals surface area contributed by atoms with Gasteiger partial charge in [0.25, 0.3) is 0 Å². The second kappa shape index (κ2) is 13.0. The first-order valence-corrected chi connectivity index (χ1v) is 14.3. The number of piperidine rings is 1. The molecule has 2 atom stereocenters. The van der Waals surface area contributed by atoms with Crippen LogP contribution in [0.2, 0.25) is 5.02 Å². The molecule has 2 N–H and O–H groups in total. The number of ether oxygens (including phenoxy) is 2. The van der Waals surface area contributed by atoms with E-state index in [0.29, 0.717) is 16.5 Å². The van der Waals surface area contributed by atoms with Gasteiger partial charge >= 0.3 is 0 Å². The molecule has 3 aromatic rings. The van der Waals surface area contributed by atoms with Gasteiger partial charge < -0.3 is 20.1 Å². The van der Waals surface area contributed by atoms with Crippen molar-refractivity contribution < 1.29 is 18.7 Å². The molecule has 2 unspecified atom stereocenters. The van der Waals surface area contributed by atoms with Gasteiger partial charge in [-0.25, -0.2) is 9.37 Å². The predicted octanol–water partition coefficient (Wildman–Crippen LogP) is 6.17. The number of nitrogens with one attached hydrogen (secondary N) is 2. The molecule has 5 rings (SSSR count). The van der Waals surface area contributed by atoms with E-state index in [1.54, 1.807) is 18.2 Å². The molecule has 2 aromatic carbocycles. The fraction of sp³-hybridized carbons (Fsp3) is 0.419. The third kappa shape index (κ3) is 7.11. The standard InChI is InChI=1S/C31H36ClFN4O3/c1-20-6-9-28(29(16-20)34-18-25-12-15-39-25)36-31(38)21(2)37-13-10-22(11-14-37)27-4-3-5-30(35-27)40-19-23-7-8-24(32)17-26(23)33/h3-9,16-17,21-22,25,34H,10-15,18-19H2,1-2H3,(H,36,38). The van der Waals surface area contributed by atoms with E-state index >= 15 is 0 Å². The molecule has 2 aliphatic heterocycles. The van der Waals surface area contributed by atoms with Gasteiger partial charge in [-0.1, -0.05) is 29.8 Å². The average molecular weight is 567 g/mol. The number of anilines is 2. The summed E-state index contributed by atoms with van der Waals surface area (Å²) in [7, 11) is 0. The van der Waals surface area contributed by atoms with Crippen molar-refractivity contribution in [1.82, 2.24) is 9.88 Å². The minimum absolute atomic E-state index is 0.0202. The number of rotatable bonds is 10. The van der Waals surface area contributed by atoms with E-state index in [9.17, 15) is 9.18 Å². The normalized spacial score (nSPS) is 18.6. The zero-order chi connectivity index (χ0) is 28.1. The van der Waals surface area contributed by atoms with Crippen molar-refractivity contribution in [2.75, 3.05) is 36.9 Å². The maximum absolute atomic E-state index is 14.1. The van der Waals surface area contributed by atoms with Crippen LogP contribution in [0, 0.1) is 12.7 Å². The van der Waals surface area contributed by atoms with Crippen LogP contribution in [0.25, 0.3) is 0 Å². The molecule has 9 heteroatoms. The van der Waals surface area contributed by atoms with Gasteiger partial charge in [0.05, 0.1) is 23.5 Å². The van der Waals surface area contributed by atoms with Gasteiger partial charge in [-0.15, -0.1) is 0 Å². The van der Waals surface area contributed by atoms with Crippen molar-refractivity contribution in [3.8, 4) is 5.88 Å². The van der Waals surface area contributed by atoms with E-state index in [4.69, 9.17) is 26.1 Å². The highest BCUT2D eigenvalue weighted by Gasteiger charge is 2.28. The third-order valence-electron chi connectivity index (χ3n) is 7.76. The molecule has 2 aliphatic rings. The Labute approximate surface area is 240 Å². The van der Waals surface area contributed by atoms with Gasteiger partial charge in [0.1, 0.15) is 12.4 Å². The van der Waals surface area contributed by atoms with E-state index < -0.39 is 5.82 Å². The van der Waals surface area contributed by atoms with E-state index in [2.05, 4.69) is 21.6 Å². The van der Waals surface area contributed by atoms with Crippen LogP contribution in [0.5, 0.6) is 5.88 Å². The molecule has 0 bridgehead atoms. The summed E-state index contributed by atoms with van der Waals surface area (Å²) in [5.74, 6) is 0.317. The monoisotopic (exact) mass is 566 g/mol. The Morgan fingerprint density at radius 2 is 1.95 bits per heavy atom. The van der Waals surface area contributed by atoms with Crippen molar-refractivity contribution in [2.24, 2.45) is 0 Å². The molecule has 7 nitrogen and oxygen atoms in total. The molecular weight excluding hydrogens is 531 g/mol. The molecule has 0 saturated carbocycles. The Morgan fingerprint density at radius 1 is 1.15 bits per heavy atom. The third-order valence-corrected chi connectivity index (χ3v) is 7.99. The highest BCUT2D eigenvalue weighted by Crippen LogP contribution is 2.30. The first-order chi connectivity index (χ1) is 19.4. The maximum Gasteiger partial charge on any atom is 0.241 e. The quantitative estimate of drug-likeness (QED) is 0.306. The number of hydrogen-bond donors (Lipinski definition) is 2. The topological polar surface area (TPSA) is 75.7 Å². The van der Waals surface area contributed by atoms with Crippen LogP contribution in [0.4, 0.5) is 15.8 Å². The lowest BCUT2D eigenvalue weighted by atomic mass is 9.92. The van der Waals surface area contributed by atoms with Crippen LogP contribution in [-0.4, -0.2) is 54.2 Å². The zero-order valence-corrected chi connectivity index (χ0v) is 23.7. The highest BCUT2D eigenvalue weighted by atomic mass is 35.5. The predicted molar refractivity (Wildman–Crippen MR) is 156 cm³/mol. The minimum Gasteiger partial charge on any atom is -0.473 e. The number of nitrogens with zero attached hydrogens (tertiary/aromatic N) is 2. The lowest BCUT2D eigenvalue weighted by molar-refractivity contribution is -0.121. The van der Waals surface area contributed by atoms with E-state index in [0.717, 1.165) is 68.1 Å². The summed E-state index contributed by atoms with van der Waals surface area (Å²) in [5, 5.41) is 6.92. The van der Waals surface area contributed by atoms with Gasteiger partial charge in [-0.05, 0) is 82.1 Å². The molecule has 1 amide bonds. The summed E-state index contributed by atoms with van der Waals surface area (Å²) in [6.07, 6.45) is 3.07. The van der Waals surface area contributed by atoms with Crippen molar-refractivity contribution >= 4 is 28.9 Å². The Balaban J connectivity index is 1.13. The summed E-state index contributed by atoms with van der Waals surface area (Å²) in [6.45, 7) is 7.21. The molecule has 1 aromatic heterocycles. The van der Waals surface area contributed by atoms with Crippen LogP contribution >= 0.6 is 11.6 Å². The zero-order valence-electron chi connectivity index (χ0n) is 23.0. The highest BCUT2D eigenvalue weighted by molar-refractivity contribution is 6.30. The molecule has 0 spiro atoms. The fourth-order valence-electron chi connectivity index (χ4n) is 5.10. The lowest BCUT2D eigenvalue weighted by Gasteiger charge is -2.35. The van der Waals surface area contributed by atoms with E-state index in [1.165, 1.54) is 6.07 Å². The van der Waals surface area contributed by atoms with E-state index in [1.807, 2.05) is 38.1 Å². The van der Waals surface area contributed by atoms with E-state index in [-0.39, 0.29) is 30.6 Å². The van der Waals surface area contributed by atoms with Crippen LogP contribution < -0.4 is 15.4 Å². The number of aromatic nitrogens is 1. The second-order valence-corrected chi connectivity index (χ2v) is 11.0. The summed E-state index contributed by atoms with van der Waals surface area (Å²) >= 11 is 5.84. The number of likely N-dealkylation sites (tertiary alicyclic amines) is 1. The Bertz CT molecular complexity index is 1330. The van der Waals surface area contributed by atoms with Crippen LogP contribution in [0.3, 0.4) is 0 Å². The number of carbonyl (C=O) groups excluding carboxylic acids is 1. The van der Waals surface area contributed by atoms with Gasteiger partial charge in [0.2, 0.25) is 11.8 Å². The summed E-state index contributed by atoms with van der Waals surface area (Å²) in [4.78, 5) is 20.1. The SMILES string of the molecule is Cc1ccc(NC(=O)C(C)N2CCC(c3cccc(OCc4ccc(Cl)cc4F)n3)CC2)c(NCC2CCO2)c1. The largest absolute Gasteiger partial charge is 0.473 e. The average Bonchev–Trinajstić information content (AvgIpc) is 2.93. The molecule has 2 saturated heterocycles. The van der Waals surface area contributed by atoms with Crippen LogP contribution in [0.1, 0.15) is 48.9 Å². The van der Waals surface area contributed by atoms with Gasteiger partial charge in [0.15, 0.2) is 0 Å². The first kappa shape index (κ1) is 28.3. The lowest BCUT2D eigenvalue weighted by Crippen LogP contribution is -2.45. The molecule has 3 heterocycles. The van der Waals surface area contributed by atoms with Gasteiger partial charge in [-0.3, -0.25) is 9.69 Å². The minimum atomic E-state index is -0.396. The van der Waals surface area contributed by atoms with Crippen molar-refractivity contribution in [1.29, 1.82) is 0 Å². The molecule has 40 heavy (non-hydrogen) atoms. The molecule has 0 aliphatic carbocycles. The van der Waals surface area contributed by atoms with Gasteiger partial charge in [0, 0.05) is 41.4 Å². The van der Waals surface area contributed by atoms with Crippen molar-refractivity contribution in [2.45, 2.75) is 57.8 Å². The number of halogens is 2. The number of benzene rings is 2. The number of carbonyl (C=O) groups is 1. The number of pyridine rings is 1. The fourth-order valence-corrected chi connectivity index (χ4v) is 5.26. The van der Waals surface area contributed by atoms with Crippen LogP contribution in [-0.2, 0) is 16.1 Å². The number of hydrogen-bond acceptors (Lipinski definition) is 6.